The SMILES string of the molecule is CCC=O.OC1CCCCC1. The van der Waals surface area contributed by atoms with Gasteiger partial charge < -0.3 is 9.90 Å². The van der Waals surface area contributed by atoms with Gasteiger partial charge in [-0.1, -0.05) is 26.2 Å². The summed E-state index contributed by atoms with van der Waals surface area (Å²) >= 11 is 0. The number of carbonyl (C=O) groups is 1. The van der Waals surface area contributed by atoms with Gasteiger partial charge in [-0.2, -0.15) is 0 Å². The molecule has 0 aromatic carbocycles. The van der Waals surface area contributed by atoms with Crippen molar-refractivity contribution in [3.05, 3.63) is 0 Å². The van der Waals surface area contributed by atoms with Gasteiger partial charge in [0.2, 0.25) is 0 Å². The fraction of sp³-hybridized carbons (Fsp3) is 0.889. The zero-order valence-electron chi connectivity index (χ0n) is 7.25. The molecule has 1 rings (SSSR count). The van der Waals surface area contributed by atoms with Crippen molar-refractivity contribution in [1.82, 2.24) is 0 Å². The number of carbonyl (C=O) groups excluding carboxylic acids is 1. The minimum atomic E-state index is 0.0359. The molecule has 1 saturated carbocycles. The zero-order valence-corrected chi connectivity index (χ0v) is 7.25. The molecule has 0 aromatic heterocycles. The summed E-state index contributed by atoms with van der Waals surface area (Å²) in [6, 6.07) is 0. The van der Waals surface area contributed by atoms with Crippen molar-refractivity contribution in [2.45, 2.75) is 51.6 Å². The first-order valence-corrected chi connectivity index (χ1v) is 4.43. The van der Waals surface area contributed by atoms with Crippen LogP contribution >= 0.6 is 0 Å². The third-order valence-electron chi connectivity index (χ3n) is 1.74. The van der Waals surface area contributed by atoms with E-state index in [1.54, 1.807) is 0 Å². The van der Waals surface area contributed by atoms with Crippen LogP contribution in [0.5, 0.6) is 0 Å². The Bertz CT molecular complexity index is 85.6. The topological polar surface area (TPSA) is 37.3 Å². The molecule has 0 spiro atoms. The highest BCUT2D eigenvalue weighted by molar-refractivity contribution is 5.48. The standard InChI is InChI=1S/C6H12O.C3H6O/c7-6-4-2-1-3-5-6;1-2-3-4/h6-7H,1-5H2;3H,2H2,1H3. The smallest absolute Gasteiger partial charge is 0.119 e. The van der Waals surface area contributed by atoms with Crippen LogP contribution in [0.2, 0.25) is 0 Å². The first-order valence-electron chi connectivity index (χ1n) is 4.43. The molecular formula is C9H18O2. The van der Waals surface area contributed by atoms with E-state index in [9.17, 15) is 4.79 Å². The van der Waals surface area contributed by atoms with Crippen LogP contribution in [0, 0.1) is 0 Å². The highest BCUT2D eigenvalue weighted by atomic mass is 16.3. The second-order valence-electron chi connectivity index (χ2n) is 2.87. The van der Waals surface area contributed by atoms with Gasteiger partial charge in [0, 0.05) is 6.42 Å². The van der Waals surface area contributed by atoms with Crippen LogP contribution in [0.4, 0.5) is 0 Å². The predicted molar refractivity (Wildman–Crippen MR) is 45.4 cm³/mol. The molecule has 0 aliphatic heterocycles. The highest BCUT2D eigenvalue weighted by Crippen LogP contribution is 2.16. The third kappa shape index (κ3) is 7.53. The average Bonchev–Trinajstić information content (AvgIpc) is 2.07. The fourth-order valence-electron chi connectivity index (χ4n) is 1.08. The Balaban J connectivity index is 0.000000218. The van der Waals surface area contributed by atoms with Gasteiger partial charge in [-0.3, -0.25) is 0 Å². The molecule has 0 saturated heterocycles. The second-order valence-corrected chi connectivity index (χ2v) is 2.87. The van der Waals surface area contributed by atoms with Gasteiger partial charge in [-0.15, -0.1) is 0 Å². The first-order chi connectivity index (χ1) is 5.31. The Morgan fingerprint density at radius 1 is 1.36 bits per heavy atom. The van der Waals surface area contributed by atoms with Crippen molar-refractivity contribution in [2.75, 3.05) is 0 Å². The van der Waals surface area contributed by atoms with Crippen LogP contribution in [0.3, 0.4) is 0 Å². The van der Waals surface area contributed by atoms with E-state index in [2.05, 4.69) is 0 Å². The van der Waals surface area contributed by atoms with Crippen LogP contribution in [0.25, 0.3) is 0 Å². The quantitative estimate of drug-likeness (QED) is 0.592. The summed E-state index contributed by atoms with van der Waals surface area (Å²) in [5.74, 6) is 0. The summed E-state index contributed by atoms with van der Waals surface area (Å²) in [5, 5.41) is 8.91. The minimum Gasteiger partial charge on any atom is -0.393 e. The van der Waals surface area contributed by atoms with E-state index in [1.807, 2.05) is 6.92 Å². The molecule has 1 aliphatic rings. The van der Waals surface area contributed by atoms with E-state index >= 15 is 0 Å². The van der Waals surface area contributed by atoms with Gasteiger partial charge in [0.05, 0.1) is 6.10 Å². The van der Waals surface area contributed by atoms with Crippen LogP contribution in [0.15, 0.2) is 0 Å². The first kappa shape index (κ1) is 10.6. The van der Waals surface area contributed by atoms with E-state index in [4.69, 9.17) is 5.11 Å². The number of rotatable bonds is 1. The van der Waals surface area contributed by atoms with E-state index < -0.39 is 0 Å². The molecule has 66 valence electrons. The molecule has 0 heterocycles. The molecule has 11 heavy (non-hydrogen) atoms. The van der Waals surface area contributed by atoms with Gasteiger partial charge in [0.1, 0.15) is 6.29 Å². The van der Waals surface area contributed by atoms with Gasteiger partial charge >= 0.3 is 0 Å². The largest absolute Gasteiger partial charge is 0.393 e. The van der Waals surface area contributed by atoms with E-state index in [0.717, 1.165) is 19.1 Å². The Morgan fingerprint density at radius 3 is 2.00 bits per heavy atom. The minimum absolute atomic E-state index is 0.0359. The molecule has 0 amide bonds. The number of aliphatic hydroxyl groups excluding tert-OH is 1. The Morgan fingerprint density at radius 2 is 1.82 bits per heavy atom. The van der Waals surface area contributed by atoms with Gasteiger partial charge in [-0.25, -0.2) is 0 Å². The number of hydrogen-bond donors (Lipinski definition) is 1. The number of aldehydes is 1. The lowest BCUT2D eigenvalue weighted by atomic mass is 9.98. The van der Waals surface area contributed by atoms with Crippen molar-refractivity contribution >= 4 is 6.29 Å². The molecule has 0 bridgehead atoms. The Labute approximate surface area is 68.6 Å². The summed E-state index contributed by atoms with van der Waals surface area (Å²) < 4.78 is 0. The van der Waals surface area contributed by atoms with Crippen LogP contribution in [-0.2, 0) is 4.79 Å². The molecule has 1 fully saturated rings. The van der Waals surface area contributed by atoms with Crippen molar-refractivity contribution in [1.29, 1.82) is 0 Å². The lowest BCUT2D eigenvalue weighted by Crippen LogP contribution is -2.09. The van der Waals surface area contributed by atoms with Crippen molar-refractivity contribution in [3.8, 4) is 0 Å². The molecule has 0 unspecified atom stereocenters. The summed E-state index contributed by atoms with van der Waals surface area (Å²) in [6.45, 7) is 1.81. The summed E-state index contributed by atoms with van der Waals surface area (Å²) in [4.78, 5) is 9.17. The molecule has 0 atom stereocenters. The summed E-state index contributed by atoms with van der Waals surface area (Å²) in [6.07, 6.45) is 7.44. The molecule has 2 nitrogen and oxygen atoms in total. The lowest BCUT2D eigenvalue weighted by molar-refractivity contribution is -0.107. The van der Waals surface area contributed by atoms with Gasteiger partial charge in [-0.05, 0) is 12.8 Å². The van der Waals surface area contributed by atoms with Gasteiger partial charge in [0.15, 0.2) is 0 Å². The lowest BCUT2D eigenvalue weighted by Gasteiger charge is -2.14. The normalized spacial score (nSPS) is 18.4. The second kappa shape index (κ2) is 7.73. The molecule has 2 heteroatoms. The highest BCUT2D eigenvalue weighted by Gasteiger charge is 2.07. The van der Waals surface area contributed by atoms with Crippen LogP contribution in [0.1, 0.15) is 45.4 Å². The molecular weight excluding hydrogens is 140 g/mol. The maximum absolute atomic E-state index is 9.17. The third-order valence-corrected chi connectivity index (χ3v) is 1.74. The van der Waals surface area contributed by atoms with Gasteiger partial charge in [0.25, 0.3) is 0 Å². The maximum atomic E-state index is 9.17. The number of aliphatic hydroxyl groups is 1. The number of hydrogen-bond acceptors (Lipinski definition) is 2. The maximum Gasteiger partial charge on any atom is 0.119 e. The summed E-state index contributed by atoms with van der Waals surface area (Å²) in [7, 11) is 0. The van der Waals surface area contributed by atoms with Crippen LogP contribution < -0.4 is 0 Å². The molecule has 1 aliphatic carbocycles. The zero-order chi connectivity index (χ0) is 8.53. The molecule has 1 N–H and O–H groups in total. The predicted octanol–water partition coefficient (Wildman–Crippen LogP) is 1.91. The fourth-order valence-corrected chi connectivity index (χ4v) is 1.08. The van der Waals surface area contributed by atoms with Crippen molar-refractivity contribution in [2.24, 2.45) is 0 Å². The molecule has 0 aromatic rings. The monoisotopic (exact) mass is 158 g/mol. The molecule has 0 radical (unpaired) electrons. The van der Waals surface area contributed by atoms with E-state index in [-0.39, 0.29) is 6.10 Å². The van der Waals surface area contributed by atoms with Crippen molar-refractivity contribution in [3.63, 3.8) is 0 Å². The van der Waals surface area contributed by atoms with Crippen LogP contribution in [-0.4, -0.2) is 17.5 Å². The Hall–Kier alpha value is -0.370. The average molecular weight is 158 g/mol. The summed E-state index contributed by atoms with van der Waals surface area (Å²) in [5.41, 5.74) is 0. The van der Waals surface area contributed by atoms with Crippen molar-refractivity contribution < 1.29 is 9.90 Å². The Kier molecular flexibility index (Phi) is 7.47. The van der Waals surface area contributed by atoms with E-state index in [1.165, 1.54) is 19.3 Å². The van der Waals surface area contributed by atoms with E-state index in [0.29, 0.717) is 6.42 Å².